The van der Waals surface area contributed by atoms with Gasteiger partial charge in [-0.25, -0.2) is 4.98 Å². The van der Waals surface area contributed by atoms with E-state index in [0.717, 1.165) is 27.3 Å². The average molecular weight is 244 g/mol. The Balaban J connectivity index is 2.07. The van der Waals surface area contributed by atoms with Crippen LogP contribution in [-0.2, 0) is 6.42 Å². The first-order valence-electron chi connectivity index (χ1n) is 5.50. The van der Waals surface area contributed by atoms with Gasteiger partial charge in [0.05, 0.1) is 15.9 Å². The monoisotopic (exact) mass is 244 g/mol. The molecule has 17 heavy (non-hydrogen) atoms. The standard InChI is InChI=1S/C13H12N2OS/c16-6-5-9-3-4-10-11(8-9)15-13(14-10)12-2-1-7-17-12/h1-4,7-8,16H,5-6H2,(H,14,15). The van der Waals surface area contributed by atoms with Crippen LogP contribution in [0.15, 0.2) is 35.7 Å². The zero-order chi connectivity index (χ0) is 11.7. The van der Waals surface area contributed by atoms with Gasteiger partial charge in [-0.2, -0.15) is 0 Å². The van der Waals surface area contributed by atoms with E-state index in [2.05, 4.69) is 22.1 Å². The molecular formula is C13H12N2OS. The normalized spacial score (nSPS) is 11.1. The molecule has 0 aliphatic heterocycles. The summed E-state index contributed by atoms with van der Waals surface area (Å²) in [4.78, 5) is 9.01. The van der Waals surface area contributed by atoms with Gasteiger partial charge >= 0.3 is 0 Å². The highest BCUT2D eigenvalue weighted by atomic mass is 32.1. The third kappa shape index (κ3) is 1.97. The zero-order valence-electron chi connectivity index (χ0n) is 9.18. The number of rotatable bonds is 3. The summed E-state index contributed by atoms with van der Waals surface area (Å²) in [5.74, 6) is 0.913. The smallest absolute Gasteiger partial charge is 0.148 e. The largest absolute Gasteiger partial charge is 0.396 e. The second kappa shape index (κ2) is 4.31. The number of nitrogens with zero attached hydrogens (tertiary/aromatic N) is 1. The summed E-state index contributed by atoms with van der Waals surface area (Å²) in [5.41, 5.74) is 3.12. The SMILES string of the molecule is OCCc1ccc2nc(-c3cccs3)[nH]c2c1. The van der Waals surface area contributed by atoms with Crippen molar-refractivity contribution < 1.29 is 5.11 Å². The molecule has 0 spiro atoms. The summed E-state index contributed by atoms with van der Waals surface area (Å²) >= 11 is 1.67. The number of nitrogens with one attached hydrogen (secondary N) is 1. The van der Waals surface area contributed by atoms with E-state index in [0.29, 0.717) is 6.42 Å². The van der Waals surface area contributed by atoms with Gasteiger partial charge < -0.3 is 10.1 Å². The van der Waals surface area contributed by atoms with Gasteiger partial charge in [0.25, 0.3) is 0 Å². The maximum absolute atomic E-state index is 8.92. The summed E-state index contributed by atoms with van der Waals surface area (Å²) in [6, 6.07) is 10.1. The Kier molecular flexibility index (Phi) is 2.66. The third-order valence-electron chi connectivity index (χ3n) is 2.70. The molecule has 0 unspecified atom stereocenters. The fraction of sp³-hybridized carbons (Fsp3) is 0.154. The summed E-state index contributed by atoms with van der Waals surface area (Å²) < 4.78 is 0. The van der Waals surface area contributed by atoms with Gasteiger partial charge in [-0.3, -0.25) is 0 Å². The molecule has 0 bridgehead atoms. The molecule has 0 aliphatic carbocycles. The first kappa shape index (κ1) is 10.5. The van der Waals surface area contributed by atoms with Crippen LogP contribution >= 0.6 is 11.3 Å². The molecule has 0 atom stereocenters. The lowest BCUT2D eigenvalue weighted by molar-refractivity contribution is 0.299. The maximum atomic E-state index is 8.92. The second-order valence-corrected chi connectivity index (χ2v) is 4.84. The highest BCUT2D eigenvalue weighted by Crippen LogP contribution is 2.24. The molecule has 86 valence electrons. The number of aliphatic hydroxyl groups is 1. The molecule has 0 saturated carbocycles. The van der Waals surface area contributed by atoms with Crippen molar-refractivity contribution in [2.75, 3.05) is 6.61 Å². The van der Waals surface area contributed by atoms with Crippen LogP contribution < -0.4 is 0 Å². The van der Waals surface area contributed by atoms with Crippen molar-refractivity contribution in [2.24, 2.45) is 0 Å². The van der Waals surface area contributed by atoms with Crippen molar-refractivity contribution in [3.05, 3.63) is 41.3 Å². The topological polar surface area (TPSA) is 48.9 Å². The van der Waals surface area contributed by atoms with E-state index in [9.17, 15) is 0 Å². The van der Waals surface area contributed by atoms with Crippen molar-refractivity contribution in [2.45, 2.75) is 6.42 Å². The molecule has 2 N–H and O–H groups in total. The van der Waals surface area contributed by atoms with Crippen molar-refractivity contribution in [3.63, 3.8) is 0 Å². The molecule has 2 heterocycles. The number of hydrogen-bond donors (Lipinski definition) is 2. The van der Waals surface area contributed by atoms with E-state index < -0.39 is 0 Å². The van der Waals surface area contributed by atoms with Crippen molar-refractivity contribution in [1.29, 1.82) is 0 Å². The number of aromatic amines is 1. The molecule has 4 heteroatoms. The number of aliphatic hydroxyl groups excluding tert-OH is 1. The molecule has 0 radical (unpaired) electrons. The lowest BCUT2D eigenvalue weighted by Gasteiger charge is -1.96. The Bertz CT molecular complexity index is 628. The molecule has 1 aromatic carbocycles. The van der Waals surface area contributed by atoms with Crippen LogP contribution in [0.3, 0.4) is 0 Å². The minimum Gasteiger partial charge on any atom is -0.396 e. The fourth-order valence-corrected chi connectivity index (χ4v) is 2.54. The third-order valence-corrected chi connectivity index (χ3v) is 3.58. The number of imidazole rings is 1. The lowest BCUT2D eigenvalue weighted by Crippen LogP contribution is -1.89. The molecule has 0 aliphatic rings. The maximum Gasteiger partial charge on any atom is 0.148 e. The average Bonchev–Trinajstić information content (AvgIpc) is 2.97. The molecule has 0 saturated heterocycles. The van der Waals surface area contributed by atoms with E-state index >= 15 is 0 Å². The molecule has 3 aromatic rings. The molecule has 2 aromatic heterocycles. The predicted octanol–water partition coefficient (Wildman–Crippen LogP) is 2.83. The van der Waals surface area contributed by atoms with Crippen LogP contribution in [0.4, 0.5) is 0 Å². The van der Waals surface area contributed by atoms with Crippen molar-refractivity contribution >= 4 is 22.4 Å². The summed E-state index contributed by atoms with van der Waals surface area (Å²) in [7, 11) is 0. The Morgan fingerprint density at radius 2 is 2.24 bits per heavy atom. The van der Waals surface area contributed by atoms with E-state index in [1.54, 1.807) is 11.3 Å². The van der Waals surface area contributed by atoms with Crippen molar-refractivity contribution in [1.82, 2.24) is 9.97 Å². The van der Waals surface area contributed by atoms with E-state index in [4.69, 9.17) is 5.11 Å². The summed E-state index contributed by atoms with van der Waals surface area (Å²) in [5, 5.41) is 11.0. The number of H-pyrrole nitrogens is 1. The fourth-order valence-electron chi connectivity index (χ4n) is 1.87. The molecule has 0 fully saturated rings. The molecular weight excluding hydrogens is 232 g/mol. The van der Waals surface area contributed by atoms with E-state index in [1.165, 1.54) is 0 Å². The van der Waals surface area contributed by atoms with Crippen LogP contribution in [0.25, 0.3) is 21.7 Å². The predicted molar refractivity (Wildman–Crippen MR) is 70.2 cm³/mol. The first-order chi connectivity index (χ1) is 8.36. The summed E-state index contributed by atoms with van der Waals surface area (Å²) in [6.45, 7) is 0.178. The second-order valence-electron chi connectivity index (χ2n) is 3.89. The molecule has 3 rings (SSSR count). The van der Waals surface area contributed by atoms with Crippen LogP contribution in [0.2, 0.25) is 0 Å². The first-order valence-corrected chi connectivity index (χ1v) is 6.38. The van der Waals surface area contributed by atoms with Gasteiger partial charge in [0, 0.05) is 6.61 Å². The number of fused-ring (bicyclic) bond motifs is 1. The number of benzene rings is 1. The lowest BCUT2D eigenvalue weighted by atomic mass is 10.1. The Morgan fingerprint density at radius 1 is 1.29 bits per heavy atom. The number of hydrogen-bond acceptors (Lipinski definition) is 3. The minimum absolute atomic E-state index is 0.178. The van der Waals surface area contributed by atoms with Gasteiger partial charge in [-0.05, 0) is 35.6 Å². The zero-order valence-corrected chi connectivity index (χ0v) is 10.00. The quantitative estimate of drug-likeness (QED) is 0.744. The van der Waals surface area contributed by atoms with Crippen LogP contribution in [-0.4, -0.2) is 21.7 Å². The van der Waals surface area contributed by atoms with E-state index in [1.807, 2.05) is 23.6 Å². The Labute approximate surface area is 103 Å². The Hall–Kier alpha value is -1.65. The van der Waals surface area contributed by atoms with Gasteiger partial charge in [-0.15, -0.1) is 11.3 Å². The van der Waals surface area contributed by atoms with E-state index in [-0.39, 0.29) is 6.61 Å². The van der Waals surface area contributed by atoms with Crippen LogP contribution in [0, 0.1) is 0 Å². The van der Waals surface area contributed by atoms with Crippen LogP contribution in [0.5, 0.6) is 0 Å². The highest BCUT2D eigenvalue weighted by molar-refractivity contribution is 7.13. The minimum atomic E-state index is 0.178. The van der Waals surface area contributed by atoms with Gasteiger partial charge in [0.1, 0.15) is 5.82 Å². The molecule has 3 nitrogen and oxygen atoms in total. The Morgan fingerprint density at radius 3 is 3.00 bits per heavy atom. The molecule has 0 amide bonds. The van der Waals surface area contributed by atoms with Crippen molar-refractivity contribution in [3.8, 4) is 10.7 Å². The number of aromatic nitrogens is 2. The summed E-state index contributed by atoms with van der Waals surface area (Å²) in [6.07, 6.45) is 0.684. The van der Waals surface area contributed by atoms with Gasteiger partial charge in [0.2, 0.25) is 0 Å². The van der Waals surface area contributed by atoms with Gasteiger partial charge in [0.15, 0.2) is 0 Å². The highest BCUT2D eigenvalue weighted by Gasteiger charge is 2.06. The van der Waals surface area contributed by atoms with Crippen LogP contribution in [0.1, 0.15) is 5.56 Å². The van der Waals surface area contributed by atoms with Gasteiger partial charge in [-0.1, -0.05) is 12.1 Å². The number of thiophene rings is 1.